The molecule has 0 fully saturated rings. The fourth-order valence-corrected chi connectivity index (χ4v) is 2.63. The van der Waals surface area contributed by atoms with Crippen LogP contribution in [-0.2, 0) is 4.79 Å². The lowest BCUT2D eigenvalue weighted by atomic mass is 10.1. The summed E-state index contributed by atoms with van der Waals surface area (Å²) in [6.07, 6.45) is -0.865. The molecule has 0 radical (unpaired) electrons. The van der Waals surface area contributed by atoms with Gasteiger partial charge in [-0.25, -0.2) is 4.98 Å². The van der Waals surface area contributed by atoms with Crippen LogP contribution in [0.15, 0.2) is 29.6 Å². The van der Waals surface area contributed by atoms with Crippen LogP contribution in [0.25, 0.3) is 0 Å². The Balaban J connectivity index is 1.92. The maximum Gasteiger partial charge on any atom is 0.270 e. The van der Waals surface area contributed by atoms with E-state index >= 15 is 0 Å². The molecular weight excluding hydrogens is 326 g/mol. The van der Waals surface area contributed by atoms with Crippen molar-refractivity contribution in [2.24, 2.45) is 0 Å². The lowest BCUT2D eigenvalue weighted by Crippen LogP contribution is -2.28. The highest BCUT2D eigenvalue weighted by Gasteiger charge is 2.14. The van der Waals surface area contributed by atoms with Crippen LogP contribution in [0.1, 0.15) is 29.1 Å². The fraction of sp³-hybridized carbons (Fsp3) is 0.214. The zero-order chi connectivity index (χ0) is 16.1. The molecule has 1 atom stereocenters. The lowest BCUT2D eigenvalue weighted by Gasteiger charge is -2.11. The van der Waals surface area contributed by atoms with Crippen molar-refractivity contribution in [2.45, 2.75) is 13.0 Å². The Kier molecular flexibility index (Phi) is 5.48. The zero-order valence-electron chi connectivity index (χ0n) is 11.7. The number of nitrogens with one attached hydrogen (secondary N) is 2. The van der Waals surface area contributed by atoms with Crippen molar-refractivity contribution in [2.75, 3.05) is 11.9 Å². The first-order chi connectivity index (χ1) is 10.5. The Bertz CT molecular complexity index is 689. The van der Waals surface area contributed by atoms with Gasteiger partial charge in [0.15, 0.2) is 5.13 Å². The number of hydrogen-bond donors (Lipinski definition) is 3. The molecule has 22 heavy (non-hydrogen) atoms. The van der Waals surface area contributed by atoms with Gasteiger partial charge in [-0.1, -0.05) is 23.7 Å². The molecule has 1 heterocycles. The average molecular weight is 340 g/mol. The van der Waals surface area contributed by atoms with Gasteiger partial charge in [-0.05, 0) is 17.7 Å². The summed E-state index contributed by atoms with van der Waals surface area (Å²) in [6.45, 7) is 1.40. The molecule has 0 aliphatic rings. The van der Waals surface area contributed by atoms with Crippen molar-refractivity contribution < 1.29 is 14.7 Å². The number of hydrogen-bond acceptors (Lipinski definition) is 5. The molecular formula is C14H14ClN3O3S. The van der Waals surface area contributed by atoms with E-state index < -0.39 is 12.0 Å². The normalized spacial score (nSPS) is 11.8. The molecule has 0 saturated carbocycles. The third-order valence-electron chi connectivity index (χ3n) is 2.71. The van der Waals surface area contributed by atoms with E-state index in [0.29, 0.717) is 15.7 Å². The maximum absolute atomic E-state index is 11.9. The summed E-state index contributed by atoms with van der Waals surface area (Å²) in [4.78, 5) is 26.8. The molecule has 0 aliphatic carbocycles. The van der Waals surface area contributed by atoms with Crippen molar-refractivity contribution in [1.82, 2.24) is 10.3 Å². The Morgan fingerprint density at radius 1 is 1.45 bits per heavy atom. The monoisotopic (exact) mass is 339 g/mol. The molecule has 0 unspecified atom stereocenters. The van der Waals surface area contributed by atoms with E-state index in [4.69, 9.17) is 11.6 Å². The molecule has 8 heteroatoms. The number of aliphatic hydroxyl groups excluding tert-OH is 1. The van der Waals surface area contributed by atoms with Gasteiger partial charge in [-0.3, -0.25) is 9.59 Å². The molecule has 116 valence electrons. The minimum atomic E-state index is -0.865. The second kappa shape index (κ2) is 7.35. The van der Waals surface area contributed by atoms with Crippen LogP contribution < -0.4 is 10.6 Å². The first-order valence-corrected chi connectivity index (χ1v) is 7.66. The summed E-state index contributed by atoms with van der Waals surface area (Å²) in [5, 5.41) is 17.5. The third-order valence-corrected chi connectivity index (χ3v) is 3.70. The SMILES string of the molecule is CC(=O)Nc1nc(C(=O)NC[C@H](O)c2cccc(Cl)c2)cs1. The number of thiazole rings is 1. The largest absolute Gasteiger partial charge is 0.387 e. The summed E-state index contributed by atoms with van der Waals surface area (Å²) >= 11 is 7.01. The number of halogens is 1. The predicted octanol–water partition coefficient (Wildman–Crippen LogP) is 2.22. The summed E-state index contributed by atoms with van der Waals surface area (Å²) in [7, 11) is 0. The quantitative estimate of drug-likeness (QED) is 0.779. The van der Waals surface area contributed by atoms with Crippen LogP contribution in [0.2, 0.25) is 5.02 Å². The number of aromatic nitrogens is 1. The third kappa shape index (κ3) is 4.52. The van der Waals surface area contributed by atoms with Crippen molar-refractivity contribution in [1.29, 1.82) is 0 Å². The number of benzene rings is 1. The van der Waals surface area contributed by atoms with E-state index in [1.807, 2.05) is 0 Å². The van der Waals surface area contributed by atoms with Gasteiger partial charge in [0.25, 0.3) is 5.91 Å². The minimum absolute atomic E-state index is 0.0339. The molecule has 0 bridgehead atoms. The summed E-state index contributed by atoms with van der Waals surface area (Å²) < 4.78 is 0. The molecule has 6 nitrogen and oxygen atoms in total. The molecule has 3 N–H and O–H groups in total. The van der Waals surface area contributed by atoms with Gasteiger partial charge in [-0.15, -0.1) is 11.3 Å². The van der Waals surface area contributed by atoms with E-state index in [2.05, 4.69) is 15.6 Å². The highest BCUT2D eigenvalue weighted by atomic mass is 35.5. The Morgan fingerprint density at radius 3 is 2.91 bits per heavy atom. The fourth-order valence-electron chi connectivity index (χ4n) is 1.70. The van der Waals surface area contributed by atoms with Crippen LogP contribution in [-0.4, -0.2) is 28.4 Å². The number of rotatable bonds is 5. The maximum atomic E-state index is 11.9. The van der Waals surface area contributed by atoms with Crippen molar-refractivity contribution in [3.05, 3.63) is 45.9 Å². The summed E-state index contributed by atoms with van der Waals surface area (Å²) in [5.41, 5.74) is 0.803. The van der Waals surface area contributed by atoms with Crippen molar-refractivity contribution >= 4 is 39.9 Å². The van der Waals surface area contributed by atoms with Gasteiger partial charge in [0.05, 0.1) is 6.10 Å². The number of anilines is 1. The Hall–Kier alpha value is -1.96. The number of carbonyl (C=O) groups is 2. The topological polar surface area (TPSA) is 91.3 Å². The van der Waals surface area contributed by atoms with Crippen LogP contribution >= 0.6 is 22.9 Å². The van der Waals surface area contributed by atoms with E-state index in [0.717, 1.165) is 11.3 Å². The summed E-state index contributed by atoms with van der Waals surface area (Å²) in [6, 6.07) is 6.79. The second-order valence-corrected chi connectivity index (χ2v) is 5.79. The predicted molar refractivity (Wildman–Crippen MR) is 85.2 cm³/mol. The van der Waals surface area contributed by atoms with E-state index in [1.165, 1.54) is 12.3 Å². The number of aliphatic hydroxyl groups is 1. The number of nitrogens with zero attached hydrogens (tertiary/aromatic N) is 1. The van der Waals surface area contributed by atoms with E-state index in [-0.39, 0.29) is 18.1 Å². The molecule has 2 amide bonds. The first-order valence-electron chi connectivity index (χ1n) is 6.40. The molecule has 1 aromatic heterocycles. The van der Waals surface area contributed by atoms with E-state index in [9.17, 15) is 14.7 Å². The standard InChI is InChI=1S/C14H14ClN3O3S/c1-8(19)17-14-18-11(7-22-14)13(21)16-6-12(20)9-3-2-4-10(15)5-9/h2-5,7,12,20H,6H2,1H3,(H,16,21)(H,17,18,19)/t12-/m0/s1. The molecule has 0 spiro atoms. The van der Waals surface area contributed by atoms with Crippen LogP contribution in [0.5, 0.6) is 0 Å². The van der Waals surface area contributed by atoms with Crippen LogP contribution in [0.3, 0.4) is 0 Å². The first kappa shape index (κ1) is 16.4. The van der Waals surface area contributed by atoms with Crippen LogP contribution in [0, 0.1) is 0 Å². The van der Waals surface area contributed by atoms with Gasteiger partial charge >= 0.3 is 0 Å². The van der Waals surface area contributed by atoms with Crippen LogP contribution in [0.4, 0.5) is 5.13 Å². The Morgan fingerprint density at radius 2 is 2.23 bits per heavy atom. The lowest BCUT2D eigenvalue weighted by molar-refractivity contribution is -0.114. The molecule has 0 saturated heterocycles. The van der Waals surface area contributed by atoms with Gasteiger partial charge in [0.2, 0.25) is 5.91 Å². The smallest absolute Gasteiger partial charge is 0.270 e. The number of amides is 2. The van der Waals surface area contributed by atoms with Gasteiger partial charge in [-0.2, -0.15) is 0 Å². The highest BCUT2D eigenvalue weighted by Crippen LogP contribution is 2.18. The molecule has 2 rings (SSSR count). The minimum Gasteiger partial charge on any atom is -0.387 e. The van der Waals surface area contributed by atoms with E-state index in [1.54, 1.807) is 24.3 Å². The van der Waals surface area contributed by atoms with Gasteiger partial charge in [0, 0.05) is 23.9 Å². The van der Waals surface area contributed by atoms with Gasteiger partial charge in [0.1, 0.15) is 5.69 Å². The van der Waals surface area contributed by atoms with Crippen molar-refractivity contribution in [3.8, 4) is 0 Å². The second-order valence-electron chi connectivity index (χ2n) is 4.50. The highest BCUT2D eigenvalue weighted by molar-refractivity contribution is 7.14. The van der Waals surface area contributed by atoms with Crippen molar-refractivity contribution in [3.63, 3.8) is 0 Å². The summed E-state index contributed by atoms with van der Waals surface area (Å²) in [5.74, 6) is -0.674. The Labute approximate surface area is 136 Å². The molecule has 1 aromatic carbocycles. The zero-order valence-corrected chi connectivity index (χ0v) is 13.2. The number of carbonyl (C=O) groups excluding carboxylic acids is 2. The van der Waals surface area contributed by atoms with Gasteiger partial charge < -0.3 is 15.7 Å². The molecule has 0 aliphatic heterocycles. The average Bonchev–Trinajstić information content (AvgIpc) is 2.92. The molecule has 2 aromatic rings.